The van der Waals surface area contributed by atoms with Crippen LogP contribution < -0.4 is 11.3 Å². The van der Waals surface area contributed by atoms with Gasteiger partial charge in [-0.25, -0.2) is 4.98 Å². The summed E-state index contributed by atoms with van der Waals surface area (Å²) in [5.74, 6) is 5.60. The molecule has 0 saturated heterocycles. The van der Waals surface area contributed by atoms with Gasteiger partial charge in [0, 0.05) is 11.3 Å². The van der Waals surface area contributed by atoms with E-state index in [2.05, 4.69) is 26.9 Å². The fraction of sp³-hybridized carbons (Fsp3) is 0.500. The van der Waals surface area contributed by atoms with Gasteiger partial charge >= 0.3 is 0 Å². The minimum Gasteiger partial charge on any atom is -0.271 e. The molecule has 0 amide bonds. The van der Waals surface area contributed by atoms with E-state index < -0.39 is 0 Å². The first kappa shape index (κ1) is 12.6. The number of rotatable bonds is 4. The fourth-order valence-electron chi connectivity index (χ4n) is 1.59. The third-order valence-electron chi connectivity index (χ3n) is 2.66. The van der Waals surface area contributed by atoms with E-state index in [0.717, 1.165) is 27.7 Å². The van der Waals surface area contributed by atoms with Crippen molar-refractivity contribution in [2.24, 2.45) is 5.84 Å². The van der Waals surface area contributed by atoms with Crippen LogP contribution in [0.25, 0.3) is 0 Å². The monoisotopic (exact) mass is 269 g/mol. The molecule has 7 heteroatoms. The van der Waals surface area contributed by atoms with Crippen LogP contribution >= 0.6 is 22.9 Å². The largest absolute Gasteiger partial charge is 0.271 e. The van der Waals surface area contributed by atoms with Crippen molar-refractivity contribution in [3.05, 3.63) is 26.1 Å². The van der Waals surface area contributed by atoms with Crippen LogP contribution in [-0.4, -0.2) is 14.6 Å². The summed E-state index contributed by atoms with van der Waals surface area (Å²) in [5, 5.41) is 5.10. The number of aryl methyl sites for hydroxylation is 3. The molecule has 0 fully saturated rings. The van der Waals surface area contributed by atoms with Gasteiger partial charge in [-0.3, -0.25) is 11.3 Å². The van der Waals surface area contributed by atoms with E-state index in [-0.39, 0.29) is 6.04 Å². The van der Waals surface area contributed by atoms with Crippen LogP contribution in [0, 0.1) is 20.8 Å². The molecular formula is C10H15N5S2. The van der Waals surface area contributed by atoms with Gasteiger partial charge in [-0.1, -0.05) is 4.49 Å². The van der Waals surface area contributed by atoms with E-state index in [0.29, 0.717) is 0 Å². The molecule has 0 spiro atoms. The highest BCUT2D eigenvalue weighted by molar-refractivity contribution is 7.11. The van der Waals surface area contributed by atoms with Crippen LogP contribution in [-0.2, 0) is 6.42 Å². The van der Waals surface area contributed by atoms with Gasteiger partial charge in [0.15, 0.2) is 0 Å². The van der Waals surface area contributed by atoms with Crippen molar-refractivity contribution >= 4 is 22.9 Å². The number of thiazole rings is 1. The summed E-state index contributed by atoms with van der Waals surface area (Å²) in [7, 11) is 0. The van der Waals surface area contributed by atoms with E-state index in [1.807, 2.05) is 13.8 Å². The summed E-state index contributed by atoms with van der Waals surface area (Å²) < 4.78 is 3.93. The minimum absolute atomic E-state index is 0.0416. The average molecular weight is 269 g/mol. The number of nitrogens with one attached hydrogen (secondary N) is 1. The number of hydrazine groups is 1. The van der Waals surface area contributed by atoms with E-state index >= 15 is 0 Å². The van der Waals surface area contributed by atoms with Crippen LogP contribution in [0.4, 0.5) is 0 Å². The Bertz CT molecular complexity index is 485. The minimum atomic E-state index is 0.0416. The summed E-state index contributed by atoms with van der Waals surface area (Å²) in [6.07, 6.45) is 0.778. The standard InChI is InChI=1S/C10H15N5S2/c1-5-7(3)16-9(12-5)4-8(13-11)10-6(2)14-15-17-10/h8,13H,4,11H2,1-3H3. The van der Waals surface area contributed by atoms with Crippen molar-refractivity contribution in [2.75, 3.05) is 0 Å². The summed E-state index contributed by atoms with van der Waals surface area (Å²) in [5.41, 5.74) is 4.85. The maximum Gasteiger partial charge on any atom is 0.0950 e. The molecular weight excluding hydrogens is 254 g/mol. The van der Waals surface area contributed by atoms with E-state index in [1.165, 1.54) is 16.4 Å². The molecule has 1 unspecified atom stereocenters. The normalized spacial score (nSPS) is 12.9. The number of hydrogen-bond donors (Lipinski definition) is 2. The highest BCUT2D eigenvalue weighted by Crippen LogP contribution is 2.26. The molecule has 0 saturated carbocycles. The van der Waals surface area contributed by atoms with Crippen LogP contribution in [0.2, 0.25) is 0 Å². The zero-order valence-electron chi connectivity index (χ0n) is 10.0. The highest BCUT2D eigenvalue weighted by atomic mass is 32.1. The molecule has 0 bridgehead atoms. The molecule has 3 N–H and O–H groups in total. The molecule has 0 aliphatic rings. The Kier molecular flexibility index (Phi) is 3.82. The first-order chi connectivity index (χ1) is 8.11. The molecule has 5 nitrogen and oxygen atoms in total. The van der Waals surface area contributed by atoms with E-state index in [4.69, 9.17) is 5.84 Å². The zero-order chi connectivity index (χ0) is 12.4. The molecule has 1 atom stereocenters. The highest BCUT2D eigenvalue weighted by Gasteiger charge is 2.18. The Labute approximate surface area is 108 Å². The first-order valence-electron chi connectivity index (χ1n) is 5.29. The lowest BCUT2D eigenvalue weighted by Crippen LogP contribution is -2.29. The molecule has 0 aliphatic heterocycles. The molecule has 2 aromatic heterocycles. The fourth-order valence-corrected chi connectivity index (χ4v) is 3.27. The van der Waals surface area contributed by atoms with Gasteiger partial charge in [-0.2, -0.15) is 0 Å². The van der Waals surface area contributed by atoms with Crippen LogP contribution in [0.3, 0.4) is 0 Å². The Morgan fingerprint density at radius 1 is 1.29 bits per heavy atom. The second kappa shape index (κ2) is 5.18. The van der Waals surface area contributed by atoms with Crippen molar-refractivity contribution in [3.8, 4) is 0 Å². The van der Waals surface area contributed by atoms with Crippen molar-refractivity contribution in [1.82, 2.24) is 20.0 Å². The van der Waals surface area contributed by atoms with Crippen LogP contribution in [0.5, 0.6) is 0 Å². The van der Waals surface area contributed by atoms with Gasteiger partial charge < -0.3 is 0 Å². The summed E-state index contributed by atoms with van der Waals surface area (Å²) in [6, 6.07) is 0.0416. The second-order valence-electron chi connectivity index (χ2n) is 3.90. The smallest absolute Gasteiger partial charge is 0.0950 e. The molecule has 2 rings (SSSR count). The number of nitrogens with two attached hydrogens (primary N) is 1. The Morgan fingerprint density at radius 3 is 2.53 bits per heavy atom. The van der Waals surface area contributed by atoms with Gasteiger partial charge in [0.1, 0.15) is 0 Å². The molecule has 0 aliphatic carbocycles. The molecule has 2 heterocycles. The molecule has 92 valence electrons. The predicted molar refractivity (Wildman–Crippen MR) is 70.0 cm³/mol. The molecule has 0 radical (unpaired) electrons. The van der Waals surface area contributed by atoms with Gasteiger partial charge in [0.05, 0.1) is 27.3 Å². The van der Waals surface area contributed by atoms with Crippen molar-refractivity contribution in [2.45, 2.75) is 33.2 Å². The molecule has 2 aromatic rings. The van der Waals surface area contributed by atoms with Crippen molar-refractivity contribution in [3.63, 3.8) is 0 Å². The third kappa shape index (κ3) is 2.68. The van der Waals surface area contributed by atoms with E-state index in [1.54, 1.807) is 11.3 Å². The SMILES string of the molecule is Cc1nc(CC(NN)c2snnc2C)sc1C. The van der Waals surface area contributed by atoms with Gasteiger partial charge in [-0.05, 0) is 32.3 Å². The molecule has 17 heavy (non-hydrogen) atoms. The van der Waals surface area contributed by atoms with Crippen LogP contribution in [0.1, 0.15) is 32.2 Å². The Balaban J connectivity index is 2.18. The van der Waals surface area contributed by atoms with Gasteiger partial charge in [-0.15, -0.1) is 16.4 Å². The lowest BCUT2D eigenvalue weighted by molar-refractivity contribution is 0.555. The number of nitrogens with zero attached hydrogens (tertiary/aromatic N) is 3. The Hall–Kier alpha value is -0.890. The number of hydrogen-bond acceptors (Lipinski definition) is 7. The zero-order valence-corrected chi connectivity index (χ0v) is 11.7. The topological polar surface area (TPSA) is 76.7 Å². The lowest BCUT2D eigenvalue weighted by Gasteiger charge is -2.12. The summed E-state index contributed by atoms with van der Waals surface area (Å²) in [4.78, 5) is 6.86. The summed E-state index contributed by atoms with van der Waals surface area (Å²) >= 11 is 3.10. The summed E-state index contributed by atoms with van der Waals surface area (Å²) in [6.45, 7) is 6.06. The number of aromatic nitrogens is 3. The maximum absolute atomic E-state index is 5.60. The van der Waals surface area contributed by atoms with Crippen molar-refractivity contribution < 1.29 is 0 Å². The lowest BCUT2D eigenvalue weighted by atomic mass is 10.1. The van der Waals surface area contributed by atoms with Gasteiger partial charge in [0.25, 0.3) is 0 Å². The quantitative estimate of drug-likeness (QED) is 0.652. The Morgan fingerprint density at radius 2 is 2.06 bits per heavy atom. The molecule has 0 aromatic carbocycles. The third-order valence-corrected chi connectivity index (χ3v) is 4.69. The first-order valence-corrected chi connectivity index (χ1v) is 6.88. The van der Waals surface area contributed by atoms with Gasteiger partial charge in [0.2, 0.25) is 0 Å². The predicted octanol–water partition coefficient (Wildman–Crippen LogP) is 1.67. The maximum atomic E-state index is 5.60. The second-order valence-corrected chi connectivity index (χ2v) is 5.97. The average Bonchev–Trinajstić information content (AvgIpc) is 2.83. The van der Waals surface area contributed by atoms with Crippen molar-refractivity contribution in [1.29, 1.82) is 0 Å². The van der Waals surface area contributed by atoms with Crippen LogP contribution in [0.15, 0.2) is 0 Å². The van der Waals surface area contributed by atoms with E-state index in [9.17, 15) is 0 Å².